The van der Waals surface area contributed by atoms with E-state index >= 15 is 0 Å². The van der Waals surface area contributed by atoms with Gasteiger partial charge in [-0.15, -0.1) is 0 Å². The fourth-order valence-electron chi connectivity index (χ4n) is 3.58. The van der Waals surface area contributed by atoms with Crippen LogP contribution >= 0.6 is 11.6 Å². The Hall–Kier alpha value is -3.40. The van der Waals surface area contributed by atoms with Crippen LogP contribution in [0.25, 0.3) is 21.9 Å². The fraction of sp³-hybridized carbons (Fsp3) is 0.333. The summed E-state index contributed by atoms with van der Waals surface area (Å²) in [6.07, 6.45) is -4.92. The van der Waals surface area contributed by atoms with Crippen molar-refractivity contribution >= 4 is 45.4 Å². The number of carbonyl (C=O) groups excluding carboxylic acids is 1. The first kappa shape index (κ1) is 26.2. The van der Waals surface area contributed by atoms with Crippen LogP contribution in [0.1, 0.15) is 45.0 Å². The highest BCUT2D eigenvalue weighted by Gasteiger charge is 2.31. The van der Waals surface area contributed by atoms with Gasteiger partial charge < -0.3 is 4.57 Å². The van der Waals surface area contributed by atoms with Crippen LogP contribution in [0, 0.1) is 0 Å². The molecule has 186 valence electrons. The summed E-state index contributed by atoms with van der Waals surface area (Å²) < 4.78 is 42.5. The second-order valence-electron chi connectivity index (χ2n) is 7.90. The highest BCUT2D eigenvalue weighted by atomic mass is 35.5. The van der Waals surface area contributed by atoms with E-state index in [1.165, 1.54) is 4.68 Å². The first-order valence-corrected chi connectivity index (χ1v) is 11.4. The minimum atomic E-state index is -4.56. The number of rotatable bonds is 4. The molecule has 0 aliphatic carbocycles. The van der Waals surface area contributed by atoms with Gasteiger partial charge in [-0.2, -0.15) is 18.3 Å². The van der Waals surface area contributed by atoms with E-state index in [0.29, 0.717) is 16.1 Å². The van der Waals surface area contributed by atoms with E-state index < -0.39 is 23.1 Å². The Morgan fingerprint density at radius 3 is 2.43 bits per heavy atom. The molecule has 0 aliphatic rings. The number of alkyl halides is 3. The zero-order chi connectivity index (χ0) is 26.1. The standard InChI is InChI=1S/C22H19ClF3N5O2.C2H6/c1-11(2)31-17-8-12(22(24,25)26)4-6-14(17)20(33)16(29-31)10-19(32)28-21-27-15-7-5-13(23)9-18(15)30(21)3;1-2/h4-9,11H,10H2,1-3H3,(H,27,28,32);1-2H3. The van der Waals surface area contributed by atoms with Gasteiger partial charge in [0.2, 0.25) is 17.3 Å². The maximum absolute atomic E-state index is 13.2. The first-order chi connectivity index (χ1) is 16.5. The molecule has 4 rings (SSSR count). The van der Waals surface area contributed by atoms with Crippen LogP contribution in [0.5, 0.6) is 0 Å². The Kier molecular flexibility index (Phi) is 7.54. The number of nitrogens with zero attached hydrogens (tertiary/aromatic N) is 4. The van der Waals surface area contributed by atoms with Gasteiger partial charge in [-0.05, 0) is 50.2 Å². The smallest absolute Gasteiger partial charge is 0.313 e. The van der Waals surface area contributed by atoms with Crippen molar-refractivity contribution in [2.45, 2.75) is 46.3 Å². The molecule has 0 spiro atoms. The van der Waals surface area contributed by atoms with E-state index in [-0.39, 0.29) is 35.0 Å². The fourth-order valence-corrected chi connectivity index (χ4v) is 3.75. The molecule has 2 aromatic heterocycles. The number of benzene rings is 2. The first-order valence-electron chi connectivity index (χ1n) is 11.0. The van der Waals surface area contributed by atoms with Crippen LogP contribution in [-0.4, -0.2) is 25.2 Å². The van der Waals surface area contributed by atoms with Gasteiger partial charge in [-0.25, -0.2) is 4.98 Å². The second kappa shape index (κ2) is 10.1. The third-order valence-corrected chi connectivity index (χ3v) is 5.45. The minimum absolute atomic E-state index is 0.0567. The molecular weight excluding hydrogens is 483 g/mol. The number of aromatic nitrogens is 4. The molecule has 0 saturated carbocycles. The number of anilines is 1. The van der Waals surface area contributed by atoms with Gasteiger partial charge in [-0.1, -0.05) is 25.4 Å². The van der Waals surface area contributed by atoms with E-state index in [0.717, 1.165) is 18.2 Å². The summed E-state index contributed by atoms with van der Waals surface area (Å²) in [7, 11) is 1.71. The summed E-state index contributed by atoms with van der Waals surface area (Å²) in [5.41, 5.74) is -0.148. The number of carbonyl (C=O) groups is 1. The second-order valence-corrected chi connectivity index (χ2v) is 8.33. The number of imidazole rings is 1. The third-order valence-electron chi connectivity index (χ3n) is 5.22. The number of fused-ring (bicyclic) bond motifs is 2. The van der Waals surface area contributed by atoms with Crippen molar-refractivity contribution in [3.05, 3.63) is 62.9 Å². The van der Waals surface area contributed by atoms with Gasteiger partial charge in [0.25, 0.3) is 0 Å². The molecule has 0 unspecified atom stereocenters. The summed E-state index contributed by atoms with van der Waals surface area (Å²) in [5, 5.41) is 7.45. The molecule has 2 heterocycles. The molecule has 4 aromatic rings. The van der Waals surface area contributed by atoms with Gasteiger partial charge in [0.1, 0.15) is 5.69 Å². The van der Waals surface area contributed by atoms with Crippen molar-refractivity contribution in [1.29, 1.82) is 0 Å². The lowest BCUT2D eigenvalue weighted by Crippen LogP contribution is -2.26. The van der Waals surface area contributed by atoms with Crippen LogP contribution in [0.3, 0.4) is 0 Å². The van der Waals surface area contributed by atoms with Gasteiger partial charge in [0, 0.05) is 23.5 Å². The molecule has 0 radical (unpaired) electrons. The lowest BCUT2D eigenvalue weighted by Gasteiger charge is -2.16. The topological polar surface area (TPSA) is 81.8 Å². The Morgan fingerprint density at radius 2 is 1.80 bits per heavy atom. The zero-order valence-electron chi connectivity index (χ0n) is 19.9. The van der Waals surface area contributed by atoms with Crippen LogP contribution in [-0.2, 0) is 24.4 Å². The molecule has 1 amide bonds. The largest absolute Gasteiger partial charge is 0.416 e. The van der Waals surface area contributed by atoms with Crippen molar-refractivity contribution in [2.75, 3.05) is 5.32 Å². The minimum Gasteiger partial charge on any atom is -0.313 e. The highest BCUT2D eigenvalue weighted by molar-refractivity contribution is 6.31. The van der Waals surface area contributed by atoms with Gasteiger partial charge >= 0.3 is 6.18 Å². The average Bonchev–Trinajstić information content (AvgIpc) is 3.10. The average molecular weight is 508 g/mol. The number of hydrogen-bond acceptors (Lipinski definition) is 4. The maximum atomic E-state index is 13.2. The quantitative estimate of drug-likeness (QED) is 0.381. The van der Waals surface area contributed by atoms with E-state index in [1.54, 1.807) is 43.7 Å². The van der Waals surface area contributed by atoms with Gasteiger partial charge in [-0.3, -0.25) is 19.6 Å². The monoisotopic (exact) mass is 507 g/mol. The molecule has 1 N–H and O–H groups in total. The number of halogens is 4. The number of aryl methyl sites for hydroxylation is 1. The molecule has 0 saturated heterocycles. The van der Waals surface area contributed by atoms with Crippen LogP contribution in [0.2, 0.25) is 5.02 Å². The maximum Gasteiger partial charge on any atom is 0.416 e. The lowest BCUT2D eigenvalue weighted by molar-refractivity contribution is -0.137. The molecule has 2 aromatic carbocycles. The number of hydrogen-bond donors (Lipinski definition) is 1. The predicted molar refractivity (Wildman–Crippen MR) is 131 cm³/mol. The van der Waals surface area contributed by atoms with Gasteiger partial charge in [0.05, 0.1) is 28.5 Å². The summed E-state index contributed by atoms with van der Waals surface area (Å²) in [6, 6.07) is 7.64. The molecule has 11 heteroatoms. The summed E-state index contributed by atoms with van der Waals surface area (Å²) >= 11 is 6.02. The van der Waals surface area contributed by atoms with Crippen LogP contribution in [0.15, 0.2) is 41.2 Å². The van der Waals surface area contributed by atoms with E-state index in [9.17, 15) is 22.8 Å². The van der Waals surface area contributed by atoms with E-state index in [1.807, 2.05) is 13.8 Å². The van der Waals surface area contributed by atoms with Crippen LogP contribution < -0.4 is 10.7 Å². The lowest BCUT2D eigenvalue weighted by atomic mass is 10.1. The molecule has 0 aliphatic heterocycles. The van der Waals surface area contributed by atoms with Gasteiger partial charge in [0.15, 0.2) is 0 Å². The molecule has 35 heavy (non-hydrogen) atoms. The van der Waals surface area contributed by atoms with Crippen molar-refractivity contribution in [2.24, 2.45) is 7.05 Å². The highest BCUT2D eigenvalue weighted by Crippen LogP contribution is 2.31. The molecule has 0 atom stereocenters. The zero-order valence-corrected chi connectivity index (χ0v) is 20.6. The van der Waals surface area contributed by atoms with Crippen LogP contribution in [0.4, 0.5) is 19.1 Å². The Bertz CT molecular complexity index is 1460. The normalized spacial score (nSPS) is 11.6. The van der Waals surface area contributed by atoms with E-state index in [2.05, 4.69) is 15.4 Å². The Balaban J connectivity index is 0.00000167. The molecular formula is C24H25ClF3N5O2. The molecule has 7 nitrogen and oxygen atoms in total. The molecule has 0 bridgehead atoms. The third kappa shape index (κ3) is 5.32. The molecule has 0 fully saturated rings. The summed E-state index contributed by atoms with van der Waals surface area (Å²) in [6.45, 7) is 7.46. The number of amides is 1. The van der Waals surface area contributed by atoms with Crippen molar-refractivity contribution in [3.8, 4) is 0 Å². The van der Waals surface area contributed by atoms with E-state index in [4.69, 9.17) is 11.6 Å². The predicted octanol–water partition coefficient (Wildman–Crippen LogP) is 5.74. The number of nitrogens with one attached hydrogen (secondary N) is 1. The summed E-state index contributed by atoms with van der Waals surface area (Å²) in [5.74, 6) is -0.275. The summed E-state index contributed by atoms with van der Waals surface area (Å²) in [4.78, 5) is 30.0. The Labute approximate surface area is 204 Å². The van der Waals surface area contributed by atoms with Crippen molar-refractivity contribution in [3.63, 3.8) is 0 Å². The Morgan fingerprint density at radius 1 is 1.11 bits per heavy atom. The van der Waals surface area contributed by atoms with Crippen molar-refractivity contribution < 1.29 is 18.0 Å². The SMILES string of the molecule is CC.CC(C)n1nc(CC(=O)Nc2nc3ccc(Cl)cc3n2C)c(=O)c2ccc(C(F)(F)F)cc21. The van der Waals surface area contributed by atoms with Crippen molar-refractivity contribution in [1.82, 2.24) is 19.3 Å².